The fourth-order valence-electron chi connectivity index (χ4n) is 2.60. The van der Waals surface area contributed by atoms with E-state index in [1.165, 1.54) is 0 Å². The second kappa shape index (κ2) is 9.09. The molecule has 2 N–H and O–H groups in total. The van der Waals surface area contributed by atoms with E-state index in [-0.39, 0.29) is 18.3 Å². The van der Waals surface area contributed by atoms with E-state index in [4.69, 9.17) is 16.3 Å². The number of nitrogens with one attached hydrogen (secondary N) is 2. The zero-order chi connectivity index (χ0) is 16.9. The number of halogens is 2. The molecule has 2 aromatic carbocycles. The van der Waals surface area contributed by atoms with Crippen LogP contribution in [0.1, 0.15) is 17.2 Å². The molecule has 1 fully saturated rings. The summed E-state index contributed by atoms with van der Waals surface area (Å²) in [5.74, 6) is 1.04. The van der Waals surface area contributed by atoms with Gasteiger partial charge in [-0.05, 0) is 30.7 Å². The summed E-state index contributed by atoms with van der Waals surface area (Å²) in [6.45, 7) is 4.49. The van der Waals surface area contributed by atoms with E-state index >= 15 is 0 Å². The minimum Gasteiger partial charge on any atom is -0.476 e. The molecule has 6 heteroatoms. The Morgan fingerprint density at radius 1 is 1.28 bits per heavy atom. The lowest BCUT2D eigenvalue weighted by molar-refractivity contribution is -0.128. The highest BCUT2D eigenvalue weighted by Crippen LogP contribution is 2.27. The van der Waals surface area contributed by atoms with Gasteiger partial charge in [0, 0.05) is 36.1 Å². The Bertz CT molecular complexity index is 706. The predicted octanol–water partition coefficient (Wildman–Crippen LogP) is 3.53. The third kappa shape index (κ3) is 5.11. The summed E-state index contributed by atoms with van der Waals surface area (Å²) in [6, 6.07) is 14.9. The predicted molar refractivity (Wildman–Crippen MR) is 103 cm³/mol. The summed E-state index contributed by atoms with van der Waals surface area (Å²) in [7, 11) is 0. The second-order valence-electron chi connectivity index (χ2n) is 6.09. The van der Waals surface area contributed by atoms with Crippen molar-refractivity contribution in [1.82, 2.24) is 10.6 Å². The molecule has 1 aliphatic rings. The Hall–Kier alpha value is -1.75. The third-order valence-corrected chi connectivity index (χ3v) is 4.39. The highest BCUT2D eigenvalue weighted by molar-refractivity contribution is 6.30. The first-order valence-electron chi connectivity index (χ1n) is 8.09. The SMILES string of the molecule is Cc1cc(Cl)ccc1OC(C(=O)NCC1CNC1)c1ccccc1.Cl. The normalized spacial score (nSPS) is 14.8. The quantitative estimate of drug-likeness (QED) is 0.805. The number of hydrogen-bond donors (Lipinski definition) is 2. The topological polar surface area (TPSA) is 50.4 Å². The molecule has 25 heavy (non-hydrogen) atoms. The lowest BCUT2D eigenvalue weighted by atomic mass is 10.0. The molecule has 2 aromatic rings. The van der Waals surface area contributed by atoms with E-state index in [1.807, 2.05) is 43.3 Å². The van der Waals surface area contributed by atoms with E-state index < -0.39 is 6.10 Å². The van der Waals surface area contributed by atoms with Crippen molar-refractivity contribution in [3.63, 3.8) is 0 Å². The monoisotopic (exact) mass is 380 g/mol. The van der Waals surface area contributed by atoms with Crippen LogP contribution in [0.15, 0.2) is 48.5 Å². The van der Waals surface area contributed by atoms with Crippen LogP contribution >= 0.6 is 24.0 Å². The van der Waals surface area contributed by atoms with Crippen LogP contribution in [0.3, 0.4) is 0 Å². The van der Waals surface area contributed by atoms with Gasteiger partial charge in [-0.25, -0.2) is 0 Å². The summed E-state index contributed by atoms with van der Waals surface area (Å²) in [4.78, 5) is 12.7. The minimum absolute atomic E-state index is 0. The van der Waals surface area contributed by atoms with E-state index in [0.29, 0.717) is 23.2 Å². The van der Waals surface area contributed by atoms with Crippen molar-refractivity contribution in [1.29, 1.82) is 0 Å². The average molecular weight is 381 g/mol. The largest absolute Gasteiger partial charge is 0.476 e. The number of ether oxygens (including phenoxy) is 1. The summed E-state index contributed by atoms with van der Waals surface area (Å²) in [5, 5.41) is 6.86. The highest BCUT2D eigenvalue weighted by atomic mass is 35.5. The first-order valence-corrected chi connectivity index (χ1v) is 8.47. The molecular formula is C19H22Cl2N2O2. The lowest BCUT2D eigenvalue weighted by Gasteiger charge is -2.28. The Morgan fingerprint density at radius 2 is 2.00 bits per heavy atom. The fourth-order valence-corrected chi connectivity index (χ4v) is 2.83. The molecule has 134 valence electrons. The Labute approximate surface area is 159 Å². The molecule has 1 heterocycles. The number of carbonyl (C=O) groups is 1. The number of aryl methyl sites for hydroxylation is 1. The molecule has 0 spiro atoms. The molecule has 1 saturated heterocycles. The summed E-state index contributed by atoms with van der Waals surface area (Å²) < 4.78 is 6.05. The van der Waals surface area contributed by atoms with Crippen molar-refractivity contribution in [3.05, 3.63) is 64.7 Å². The highest BCUT2D eigenvalue weighted by Gasteiger charge is 2.25. The van der Waals surface area contributed by atoms with Crippen molar-refractivity contribution in [2.24, 2.45) is 5.92 Å². The smallest absolute Gasteiger partial charge is 0.265 e. The zero-order valence-corrected chi connectivity index (χ0v) is 15.6. The van der Waals surface area contributed by atoms with Gasteiger partial charge in [-0.2, -0.15) is 0 Å². The number of carbonyl (C=O) groups excluding carboxylic acids is 1. The summed E-state index contributed by atoms with van der Waals surface area (Å²) in [5.41, 5.74) is 1.73. The van der Waals surface area contributed by atoms with Gasteiger partial charge in [0.05, 0.1) is 0 Å². The maximum absolute atomic E-state index is 12.7. The maximum Gasteiger partial charge on any atom is 0.265 e. The number of rotatable bonds is 6. The minimum atomic E-state index is -0.681. The summed E-state index contributed by atoms with van der Waals surface area (Å²) >= 11 is 6.00. The van der Waals surface area contributed by atoms with Crippen LogP contribution in [0.2, 0.25) is 5.02 Å². The number of benzene rings is 2. The van der Waals surface area contributed by atoms with Gasteiger partial charge in [-0.15, -0.1) is 12.4 Å². The molecule has 1 atom stereocenters. The van der Waals surface area contributed by atoms with Gasteiger partial charge in [0.1, 0.15) is 5.75 Å². The first kappa shape index (κ1) is 19.6. The van der Waals surface area contributed by atoms with Crippen LogP contribution in [0.4, 0.5) is 0 Å². The number of amides is 1. The van der Waals surface area contributed by atoms with Crippen LogP contribution in [-0.2, 0) is 4.79 Å². The van der Waals surface area contributed by atoms with Gasteiger partial charge in [-0.1, -0.05) is 41.9 Å². The molecule has 0 bridgehead atoms. The molecule has 0 saturated carbocycles. The Morgan fingerprint density at radius 3 is 2.60 bits per heavy atom. The Kier molecular flexibility index (Phi) is 7.12. The van der Waals surface area contributed by atoms with Crippen molar-refractivity contribution in [3.8, 4) is 5.75 Å². The van der Waals surface area contributed by atoms with E-state index in [1.54, 1.807) is 12.1 Å². The van der Waals surface area contributed by atoms with E-state index in [2.05, 4.69) is 10.6 Å². The molecule has 1 unspecified atom stereocenters. The molecule has 1 aliphatic heterocycles. The molecule has 0 aromatic heterocycles. The molecule has 0 aliphatic carbocycles. The van der Waals surface area contributed by atoms with E-state index in [0.717, 1.165) is 24.2 Å². The maximum atomic E-state index is 12.7. The van der Waals surface area contributed by atoms with E-state index in [9.17, 15) is 4.79 Å². The van der Waals surface area contributed by atoms with Crippen LogP contribution in [0.5, 0.6) is 5.75 Å². The molecule has 3 rings (SSSR count). The van der Waals surface area contributed by atoms with Crippen LogP contribution in [0.25, 0.3) is 0 Å². The summed E-state index contributed by atoms with van der Waals surface area (Å²) in [6.07, 6.45) is -0.681. The first-order chi connectivity index (χ1) is 11.6. The van der Waals surface area contributed by atoms with Gasteiger partial charge < -0.3 is 15.4 Å². The standard InChI is InChI=1S/C19H21ClN2O2.ClH/c1-13-9-16(20)7-8-17(13)24-18(15-5-3-2-4-6-15)19(23)22-12-14-10-21-11-14;/h2-9,14,18,21H,10-12H2,1H3,(H,22,23);1H. The van der Waals surface area contributed by atoms with Gasteiger partial charge in [0.25, 0.3) is 5.91 Å². The molecule has 1 amide bonds. The van der Waals surface area contributed by atoms with Gasteiger partial charge in [0.2, 0.25) is 6.10 Å². The third-order valence-electron chi connectivity index (χ3n) is 4.15. The van der Waals surface area contributed by atoms with Gasteiger partial charge in [-0.3, -0.25) is 4.79 Å². The van der Waals surface area contributed by atoms with Crippen molar-refractivity contribution in [2.75, 3.05) is 19.6 Å². The van der Waals surface area contributed by atoms with Crippen molar-refractivity contribution in [2.45, 2.75) is 13.0 Å². The molecule has 0 radical (unpaired) electrons. The van der Waals surface area contributed by atoms with Crippen LogP contribution < -0.4 is 15.4 Å². The fraction of sp³-hybridized carbons (Fsp3) is 0.316. The van der Waals surface area contributed by atoms with Crippen LogP contribution in [-0.4, -0.2) is 25.5 Å². The van der Waals surface area contributed by atoms with Crippen LogP contribution in [0, 0.1) is 12.8 Å². The lowest BCUT2D eigenvalue weighted by Crippen LogP contribution is -2.49. The Balaban J connectivity index is 0.00000225. The average Bonchev–Trinajstić information content (AvgIpc) is 2.53. The van der Waals surface area contributed by atoms with Gasteiger partial charge in [0.15, 0.2) is 0 Å². The van der Waals surface area contributed by atoms with Crippen molar-refractivity contribution < 1.29 is 9.53 Å². The molecule has 4 nitrogen and oxygen atoms in total. The zero-order valence-electron chi connectivity index (χ0n) is 14.0. The second-order valence-corrected chi connectivity index (χ2v) is 6.52. The van der Waals surface area contributed by atoms with Gasteiger partial charge >= 0.3 is 0 Å². The number of hydrogen-bond acceptors (Lipinski definition) is 3. The van der Waals surface area contributed by atoms with Crippen molar-refractivity contribution >= 4 is 29.9 Å². The molecular weight excluding hydrogens is 359 g/mol.